The largest absolute Gasteiger partial charge is 0.392 e. The van der Waals surface area contributed by atoms with Gasteiger partial charge in [0, 0.05) is 26.6 Å². The predicted molar refractivity (Wildman–Crippen MR) is 41.5 cm³/mol. The highest BCUT2D eigenvalue weighted by Gasteiger charge is 2.18. The van der Waals surface area contributed by atoms with Crippen molar-refractivity contribution < 1.29 is 9.84 Å². The van der Waals surface area contributed by atoms with E-state index in [1.54, 1.807) is 7.11 Å². The summed E-state index contributed by atoms with van der Waals surface area (Å²) < 4.78 is 5.04. The molecular weight excluding hydrogens is 154 g/mol. The number of rotatable bonds is 1. The van der Waals surface area contributed by atoms with Crippen molar-refractivity contribution in [2.24, 2.45) is 0 Å². The number of ether oxygens (including phenoxy) is 1. The Morgan fingerprint density at radius 3 is 2.60 bits per heavy atom. The molecule has 4 heteroatoms. The number of β-amino-alcohol motifs (C(OH)–C–C–N with tert-alkyl or cyclic N) is 1. The number of hydrogen-bond donors (Lipinski definition) is 2. The van der Waals surface area contributed by atoms with Gasteiger partial charge in [0.05, 0.1) is 12.2 Å². The molecule has 1 saturated heterocycles. The molecule has 62 valence electrons. The Hall–Kier alpha value is 0.170. The van der Waals surface area contributed by atoms with Gasteiger partial charge in [-0.2, -0.15) is 0 Å². The Bertz CT molecular complexity index is 91.8. The molecule has 2 atom stereocenters. The SMILES string of the molecule is CO[C@H]1CNC[C@@H](O)C1.Cl. The van der Waals surface area contributed by atoms with Gasteiger partial charge in [0.2, 0.25) is 0 Å². The van der Waals surface area contributed by atoms with Crippen LogP contribution in [0.15, 0.2) is 0 Å². The molecule has 0 bridgehead atoms. The monoisotopic (exact) mass is 167 g/mol. The van der Waals surface area contributed by atoms with Gasteiger partial charge in [-0.3, -0.25) is 0 Å². The lowest BCUT2D eigenvalue weighted by Gasteiger charge is -2.25. The number of methoxy groups -OCH3 is 1. The van der Waals surface area contributed by atoms with Crippen molar-refractivity contribution in [3.05, 3.63) is 0 Å². The molecule has 3 nitrogen and oxygen atoms in total. The summed E-state index contributed by atoms with van der Waals surface area (Å²) >= 11 is 0. The van der Waals surface area contributed by atoms with Gasteiger partial charge < -0.3 is 15.2 Å². The fourth-order valence-electron chi connectivity index (χ4n) is 1.06. The minimum absolute atomic E-state index is 0. The van der Waals surface area contributed by atoms with Crippen LogP contribution in [0.25, 0.3) is 0 Å². The van der Waals surface area contributed by atoms with Crippen LogP contribution in [0.3, 0.4) is 0 Å². The van der Waals surface area contributed by atoms with Crippen LogP contribution in [0, 0.1) is 0 Å². The smallest absolute Gasteiger partial charge is 0.0720 e. The number of aliphatic hydroxyl groups is 1. The van der Waals surface area contributed by atoms with Gasteiger partial charge in [0.25, 0.3) is 0 Å². The summed E-state index contributed by atoms with van der Waals surface area (Å²) in [5.41, 5.74) is 0. The molecule has 0 aliphatic carbocycles. The van der Waals surface area contributed by atoms with E-state index in [0.717, 1.165) is 13.0 Å². The number of nitrogens with one attached hydrogen (secondary N) is 1. The van der Waals surface area contributed by atoms with Crippen molar-refractivity contribution in [2.75, 3.05) is 20.2 Å². The van der Waals surface area contributed by atoms with Gasteiger partial charge in [-0.25, -0.2) is 0 Å². The molecule has 1 rings (SSSR count). The number of aliphatic hydroxyl groups excluding tert-OH is 1. The average Bonchev–Trinajstić information content (AvgIpc) is 1.88. The molecule has 0 amide bonds. The van der Waals surface area contributed by atoms with Crippen LogP contribution in [0.5, 0.6) is 0 Å². The molecule has 2 N–H and O–H groups in total. The van der Waals surface area contributed by atoms with Crippen LogP contribution in [-0.2, 0) is 4.74 Å². The van der Waals surface area contributed by atoms with Crippen molar-refractivity contribution in [1.29, 1.82) is 0 Å². The zero-order chi connectivity index (χ0) is 6.69. The number of piperidine rings is 1. The van der Waals surface area contributed by atoms with E-state index in [-0.39, 0.29) is 24.6 Å². The van der Waals surface area contributed by atoms with Crippen molar-refractivity contribution in [3.8, 4) is 0 Å². The Morgan fingerprint density at radius 1 is 1.50 bits per heavy atom. The first-order valence-electron chi connectivity index (χ1n) is 3.24. The Morgan fingerprint density at radius 2 is 2.20 bits per heavy atom. The molecule has 10 heavy (non-hydrogen) atoms. The normalized spacial score (nSPS) is 33.0. The number of hydrogen-bond acceptors (Lipinski definition) is 3. The summed E-state index contributed by atoms with van der Waals surface area (Å²) in [7, 11) is 1.67. The molecule has 0 aromatic carbocycles. The van der Waals surface area contributed by atoms with E-state index in [0.29, 0.717) is 6.54 Å². The van der Waals surface area contributed by atoms with E-state index in [2.05, 4.69) is 5.32 Å². The Balaban J connectivity index is 0.000000810. The molecule has 0 aromatic heterocycles. The topological polar surface area (TPSA) is 41.5 Å². The van der Waals surface area contributed by atoms with Crippen LogP contribution in [0.1, 0.15) is 6.42 Å². The molecule has 0 unspecified atom stereocenters. The molecule has 1 fully saturated rings. The highest BCUT2D eigenvalue weighted by Crippen LogP contribution is 2.04. The van der Waals surface area contributed by atoms with E-state index >= 15 is 0 Å². The van der Waals surface area contributed by atoms with Crippen molar-refractivity contribution in [1.82, 2.24) is 5.32 Å². The Labute approximate surface area is 67.2 Å². The van der Waals surface area contributed by atoms with Crippen molar-refractivity contribution in [2.45, 2.75) is 18.6 Å². The van der Waals surface area contributed by atoms with Crippen LogP contribution in [0.2, 0.25) is 0 Å². The fraction of sp³-hybridized carbons (Fsp3) is 1.00. The first-order valence-corrected chi connectivity index (χ1v) is 3.24. The summed E-state index contributed by atoms with van der Waals surface area (Å²) in [6, 6.07) is 0. The van der Waals surface area contributed by atoms with E-state index in [1.165, 1.54) is 0 Å². The van der Waals surface area contributed by atoms with Gasteiger partial charge in [-0.15, -0.1) is 12.4 Å². The van der Waals surface area contributed by atoms with Crippen LogP contribution in [0.4, 0.5) is 0 Å². The molecule has 0 aromatic rings. The van der Waals surface area contributed by atoms with Gasteiger partial charge >= 0.3 is 0 Å². The fourth-order valence-corrected chi connectivity index (χ4v) is 1.06. The molecule has 1 aliphatic rings. The van der Waals surface area contributed by atoms with E-state index < -0.39 is 0 Å². The molecule has 1 heterocycles. The molecule has 0 saturated carbocycles. The zero-order valence-corrected chi connectivity index (χ0v) is 6.86. The van der Waals surface area contributed by atoms with Gasteiger partial charge in [0.15, 0.2) is 0 Å². The summed E-state index contributed by atoms with van der Waals surface area (Å²) in [6.45, 7) is 1.58. The first kappa shape index (κ1) is 10.2. The third-order valence-electron chi connectivity index (χ3n) is 1.62. The van der Waals surface area contributed by atoms with E-state index in [1.807, 2.05) is 0 Å². The maximum Gasteiger partial charge on any atom is 0.0720 e. The second-order valence-corrected chi connectivity index (χ2v) is 2.41. The highest BCUT2D eigenvalue weighted by atomic mass is 35.5. The third-order valence-corrected chi connectivity index (χ3v) is 1.62. The quantitative estimate of drug-likeness (QED) is 0.568. The van der Waals surface area contributed by atoms with Crippen LogP contribution < -0.4 is 5.32 Å². The van der Waals surface area contributed by atoms with E-state index in [9.17, 15) is 0 Å². The Kier molecular flexibility index (Phi) is 4.99. The van der Waals surface area contributed by atoms with Crippen LogP contribution in [-0.4, -0.2) is 37.5 Å². The third kappa shape index (κ3) is 2.84. The summed E-state index contributed by atoms with van der Waals surface area (Å²) in [5.74, 6) is 0. The molecule has 0 radical (unpaired) electrons. The van der Waals surface area contributed by atoms with E-state index in [4.69, 9.17) is 9.84 Å². The maximum atomic E-state index is 9.07. The first-order chi connectivity index (χ1) is 4.33. The van der Waals surface area contributed by atoms with Crippen molar-refractivity contribution >= 4 is 12.4 Å². The van der Waals surface area contributed by atoms with Gasteiger partial charge in [0.1, 0.15) is 0 Å². The second kappa shape index (κ2) is 4.91. The van der Waals surface area contributed by atoms with Crippen LogP contribution >= 0.6 is 12.4 Å². The minimum atomic E-state index is -0.219. The summed E-state index contributed by atoms with van der Waals surface area (Å²) in [6.07, 6.45) is 0.751. The molecule has 0 spiro atoms. The second-order valence-electron chi connectivity index (χ2n) is 2.41. The zero-order valence-electron chi connectivity index (χ0n) is 6.04. The lowest BCUT2D eigenvalue weighted by molar-refractivity contribution is 0.0225. The standard InChI is InChI=1S/C6H13NO2.ClH/c1-9-6-2-5(8)3-7-4-6;/h5-8H,2-4H2,1H3;1H/t5-,6+;/m0./s1. The highest BCUT2D eigenvalue weighted by molar-refractivity contribution is 5.85. The lowest BCUT2D eigenvalue weighted by atomic mass is 10.1. The van der Waals surface area contributed by atoms with Gasteiger partial charge in [-0.1, -0.05) is 0 Å². The summed E-state index contributed by atoms with van der Waals surface area (Å²) in [4.78, 5) is 0. The summed E-state index contributed by atoms with van der Waals surface area (Å²) in [5, 5.41) is 12.1. The van der Waals surface area contributed by atoms with Crippen molar-refractivity contribution in [3.63, 3.8) is 0 Å². The predicted octanol–water partition coefficient (Wildman–Crippen LogP) is -0.223. The molecule has 1 aliphatic heterocycles. The average molecular weight is 168 g/mol. The maximum absolute atomic E-state index is 9.07. The minimum Gasteiger partial charge on any atom is -0.392 e. The number of halogens is 1. The van der Waals surface area contributed by atoms with Gasteiger partial charge in [-0.05, 0) is 0 Å². The molecular formula is C6H14ClNO2. The lowest BCUT2D eigenvalue weighted by Crippen LogP contribution is -2.42.